The molecule has 0 aromatic rings. The van der Waals surface area contributed by atoms with Gasteiger partial charge in [0.05, 0.1) is 18.6 Å². The molecule has 0 aliphatic heterocycles. The summed E-state index contributed by atoms with van der Waals surface area (Å²) >= 11 is 0. The van der Waals surface area contributed by atoms with Gasteiger partial charge in [-0.25, -0.2) is 21.6 Å². The lowest BCUT2D eigenvalue weighted by Gasteiger charge is -2.07. The van der Waals surface area contributed by atoms with Gasteiger partial charge in [0.1, 0.15) is 6.61 Å². The molecule has 2 N–H and O–H groups in total. The Bertz CT molecular complexity index is 686. The molecule has 12 heteroatoms. The Labute approximate surface area is 154 Å². The maximum atomic E-state index is 11.5. The van der Waals surface area contributed by atoms with Crippen molar-refractivity contribution in [2.24, 2.45) is 0 Å². The first-order chi connectivity index (χ1) is 11.9. The van der Waals surface area contributed by atoms with Gasteiger partial charge in [-0.05, 0) is 19.8 Å². The van der Waals surface area contributed by atoms with Gasteiger partial charge in [0, 0.05) is 25.2 Å². The highest BCUT2D eigenvalue weighted by atomic mass is 32.3. The molecule has 1 amide bonds. The van der Waals surface area contributed by atoms with Crippen LogP contribution < -0.4 is 9.44 Å². The van der Waals surface area contributed by atoms with E-state index in [1.807, 2.05) is 0 Å². The molecule has 0 aliphatic rings. The van der Waals surface area contributed by atoms with Crippen LogP contribution in [0.5, 0.6) is 0 Å². The molecule has 0 aromatic carbocycles. The lowest BCUT2D eigenvalue weighted by Crippen LogP contribution is -2.31. The summed E-state index contributed by atoms with van der Waals surface area (Å²) in [5.41, 5.74) is 0.286. The zero-order valence-electron chi connectivity index (χ0n) is 14.9. The summed E-state index contributed by atoms with van der Waals surface area (Å²) in [7, 11) is -7.71. The number of hydrogen-bond donors (Lipinski definition) is 2. The van der Waals surface area contributed by atoms with Gasteiger partial charge in [-0.2, -0.15) is 0 Å². The van der Waals surface area contributed by atoms with Crippen LogP contribution in [-0.4, -0.2) is 67.1 Å². The summed E-state index contributed by atoms with van der Waals surface area (Å²) < 4.78 is 56.1. The molecule has 0 heterocycles. The van der Waals surface area contributed by atoms with Crippen LogP contribution in [0.25, 0.3) is 0 Å². The average molecular weight is 415 g/mol. The Kier molecular flexibility index (Phi) is 11.3. The molecule has 0 spiro atoms. The zero-order chi connectivity index (χ0) is 20.2. The Morgan fingerprint density at radius 3 is 2.23 bits per heavy atom. The highest BCUT2D eigenvalue weighted by Gasteiger charge is 2.15. The largest absolute Gasteiger partial charge is 0.460 e. The minimum Gasteiger partial charge on any atom is -0.460 e. The van der Waals surface area contributed by atoms with E-state index >= 15 is 0 Å². The van der Waals surface area contributed by atoms with Crippen molar-refractivity contribution in [2.75, 3.05) is 38.4 Å². The van der Waals surface area contributed by atoms with Gasteiger partial charge < -0.3 is 14.8 Å². The van der Waals surface area contributed by atoms with Crippen molar-refractivity contribution in [3.05, 3.63) is 12.2 Å². The molecule has 0 radical (unpaired) electrons. The third-order valence-corrected chi connectivity index (χ3v) is 5.73. The summed E-state index contributed by atoms with van der Waals surface area (Å²) in [5.74, 6) is -1.11. The molecular weight excluding hydrogens is 388 g/mol. The van der Waals surface area contributed by atoms with Gasteiger partial charge in [0.2, 0.25) is 26.0 Å². The SMILES string of the molecule is C=C(C)C(=O)OCCNC(=O)CCCOCCCS(=O)(=O)NS(C)(=O)=O. The Balaban J connectivity index is 3.65. The highest BCUT2D eigenvalue weighted by molar-refractivity contribution is 8.04. The molecule has 0 aliphatic carbocycles. The molecule has 0 saturated heterocycles. The number of sulfonamides is 2. The first-order valence-corrected chi connectivity index (χ1v) is 11.4. The number of carbonyl (C=O) groups is 2. The van der Waals surface area contributed by atoms with E-state index in [1.54, 1.807) is 4.13 Å². The third-order valence-electron chi connectivity index (χ3n) is 2.68. The molecule has 0 aromatic heterocycles. The van der Waals surface area contributed by atoms with Crippen molar-refractivity contribution in [1.82, 2.24) is 9.44 Å². The van der Waals surface area contributed by atoms with Crippen LogP contribution in [0.15, 0.2) is 12.2 Å². The van der Waals surface area contributed by atoms with E-state index in [2.05, 4.69) is 11.9 Å². The molecular formula is C14H26N2O8S2. The molecule has 0 atom stereocenters. The molecule has 152 valence electrons. The first-order valence-electron chi connectivity index (χ1n) is 7.81. The fourth-order valence-electron chi connectivity index (χ4n) is 1.61. The summed E-state index contributed by atoms with van der Waals surface area (Å²) in [4.78, 5) is 22.6. The Morgan fingerprint density at radius 1 is 1.04 bits per heavy atom. The molecule has 0 bridgehead atoms. The number of amides is 1. The van der Waals surface area contributed by atoms with Gasteiger partial charge in [0.15, 0.2) is 0 Å². The second-order valence-corrected chi connectivity index (χ2v) is 9.36. The topological polar surface area (TPSA) is 145 Å². The van der Waals surface area contributed by atoms with E-state index in [-0.39, 0.29) is 56.4 Å². The van der Waals surface area contributed by atoms with Crippen molar-refractivity contribution in [3.63, 3.8) is 0 Å². The van der Waals surface area contributed by atoms with E-state index in [1.165, 1.54) is 6.92 Å². The fraction of sp³-hybridized carbons (Fsp3) is 0.714. The van der Waals surface area contributed by atoms with Gasteiger partial charge >= 0.3 is 5.97 Å². The van der Waals surface area contributed by atoms with Crippen LogP contribution in [-0.2, 0) is 39.1 Å². The molecule has 10 nitrogen and oxygen atoms in total. The van der Waals surface area contributed by atoms with E-state index in [9.17, 15) is 26.4 Å². The number of rotatable bonds is 14. The van der Waals surface area contributed by atoms with Gasteiger partial charge in [-0.3, -0.25) is 4.79 Å². The number of ether oxygens (including phenoxy) is 2. The lowest BCUT2D eigenvalue weighted by molar-refractivity contribution is -0.139. The second kappa shape index (κ2) is 12.0. The predicted molar refractivity (Wildman–Crippen MR) is 95.2 cm³/mol. The summed E-state index contributed by atoms with van der Waals surface area (Å²) in [5, 5.41) is 2.57. The number of esters is 1. The van der Waals surface area contributed by atoms with Gasteiger partial charge in [-0.1, -0.05) is 6.58 Å². The summed E-state index contributed by atoms with van der Waals surface area (Å²) in [6.45, 7) is 5.60. The van der Waals surface area contributed by atoms with E-state index in [0.717, 1.165) is 6.26 Å². The minimum atomic E-state index is -3.89. The van der Waals surface area contributed by atoms with Crippen molar-refractivity contribution >= 4 is 31.9 Å². The molecule has 26 heavy (non-hydrogen) atoms. The van der Waals surface area contributed by atoms with Gasteiger partial charge in [0.25, 0.3) is 0 Å². The average Bonchev–Trinajstić information content (AvgIpc) is 2.47. The molecule has 0 fully saturated rings. The van der Waals surface area contributed by atoms with Crippen LogP contribution in [0.1, 0.15) is 26.2 Å². The summed E-state index contributed by atoms with van der Waals surface area (Å²) in [6.07, 6.45) is 1.54. The number of carbonyl (C=O) groups excluding carboxylic acids is 2. The number of nitrogens with one attached hydrogen (secondary N) is 2. The van der Waals surface area contributed by atoms with E-state index < -0.39 is 26.0 Å². The Hall–Kier alpha value is -1.50. The van der Waals surface area contributed by atoms with Crippen molar-refractivity contribution in [3.8, 4) is 0 Å². The lowest BCUT2D eigenvalue weighted by atomic mass is 10.3. The van der Waals surface area contributed by atoms with E-state index in [4.69, 9.17) is 9.47 Å². The van der Waals surface area contributed by atoms with E-state index in [0.29, 0.717) is 6.42 Å². The van der Waals surface area contributed by atoms with Crippen molar-refractivity contribution in [2.45, 2.75) is 26.2 Å². The van der Waals surface area contributed by atoms with Crippen LogP contribution >= 0.6 is 0 Å². The third kappa shape index (κ3) is 14.8. The van der Waals surface area contributed by atoms with Crippen molar-refractivity contribution in [1.29, 1.82) is 0 Å². The predicted octanol–water partition coefficient (Wildman–Crippen LogP) is -0.712. The van der Waals surface area contributed by atoms with Crippen LogP contribution in [0.2, 0.25) is 0 Å². The van der Waals surface area contributed by atoms with Crippen LogP contribution in [0.4, 0.5) is 0 Å². The maximum Gasteiger partial charge on any atom is 0.333 e. The van der Waals surface area contributed by atoms with Crippen LogP contribution in [0.3, 0.4) is 0 Å². The first kappa shape index (κ1) is 24.5. The second-order valence-electron chi connectivity index (χ2n) is 5.51. The Morgan fingerprint density at radius 2 is 1.65 bits per heavy atom. The fourth-order valence-corrected chi connectivity index (χ4v) is 4.28. The normalized spacial score (nSPS) is 11.8. The molecule has 0 rings (SSSR count). The highest BCUT2D eigenvalue weighted by Crippen LogP contribution is 1.96. The minimum absolute atomic E-state index is 0.0594. The van der Waals surface area contributed by atoms with Crippen molar-refractivity contribution < 1.29 is 35.9 Å². The zero-order valence-corrected chi connectivity index (χ0v) is 16.6. The number of hydrogen-bond acceptors (Lipinski definition) is 8. The quantitative estimate of drug-likeness (QED) is 0.215. The molecule has 0 unspecified atom stereocenters. The summed E-state index contributed by atoms with van der Waals surface area (Å²) in [6, 6.07) is 0. The maximum absolute atomic E-state index is 11.5. The molecule has 0 saturated carbocycles. The van der Waals surface area contributed by atoms with Crippen LogP contribution in [0, 0.1) is 0 Å². The monoisotopic (exact) mass is 414 g/mol. The van der Waals surface area contributed by atoms with Gasteiger partial charge in [-0.15, -0.1) is 4.13 Å². The standard InChI is InChI=1S/C14H26N2O8S2/c1-12(2)14(18)24-10-7-15-13(17)6-4-8-23-9-5-11-26(21,22)16-25(3,19)20/h16H,1,4-11H2,2-3H3,(H,15,17). The smallest absolute Gasteiger partial charge is 0.333 e.